The maximum absolute atomic E-state index is 13.5. The van der Waals surface area contributed by atoms with E-state index < -0.39 is 9.84 Å². The number of rotatable bonds is 7. The van der Waals surface area contributed by atoms with Gasteiger partial charge in [0, 0.05) is 4.90 Å². The summed E-state index contributed by atoms with van der Waals surface area (Å²) in [6.45, 7) is 3.94. The molecule has 6 heteroatoms. The summed E-state index contributed by atoms with van der Waals surface area (Å²) in [5, 5.41) is 1.68. The highest BCUT2D eigenvalue weighted by atomic mass is 32.2. The quantitative estimate of drug-likeness (QED) is 0.429. The van der Waals surface area contributed by atoms with Gasteiger partial charge in [0.1, 0.15) is 0 Å². The van der Waals surface area contributed by atoms with Crippen LogP contribution in [0, 0.1) is 13.8 Å². The number of hydrogen-bond donors (Lipinski definition) is 0. The van der Waals surface area contributed by atoms with E-state index >= 15 is 0 Å². The Morgan fingerprint density at radius 2 is 1.37 bits per heavy atom. The molecule has 0 unspecified atom stereocenters. The molecule has 0 heterocycles. The zero-order valence-electron chi connectivity index (χ0n) is 17.4. The molecular formula is C24H24O4S2. The molecule has 3 aromatic rings. The first-order valence-electron chi connectivity index (χ1n) is 9.33. The minimum Gasteiger partial charge on any atom is -0.493 e. The Balaban J connectivity index is 2.12. The Kier molecular flexibility index (Phi) is 6.90. The van der Waals surface area contributed by atoms with Crippen molar-refractivity contribution < 1.29 is 17.9 Å². The topological polar surface area (TPSA) is 52.6 Å². The van der Waals surface area contributed by atoms with Gasteiger partial charge in [-0.1, -0.05) is 47.2 Å². The fourth-order valence-electron chi connectivity index (χ4n) is 2.86. The lowest BCUT2D eigenvalue weighted by Gasteiger charge is -2.13. The van der Waals surface area contributed by atoms with Gasteiger partial charge < -0.3 is 9.47 Å². The van der Waals surface area contributed by atoms with Crippen LogP contribution in [0.15, 0.2) is 81.9 Å². The SMILES string of the molecule is COc1ccc(/C(=C\Sc2ccc(C)cc2)S(=O)(=O)c2ccc(C)cc2)cc1OC. The third kappa shape index (κ3) is 4.89. The first kappa shape index (κ1) is 22.0. The van der Waals surface area contributed by atoms with Crippen LogP contribution < -0.4 is 9.47 Å². The van der Waals surface area contributed by atoms with E-state index in [2.05, 4.69) is 0 Å². The highest BCUT2D eigenvalue weighted by molar-refractivity contribution is 8.05. The number of sulfone groups is 1. The highest BCUT2D eigenvalue weighted by Crippen LogP contribution is 2.37. The summed E-state index contributed by atoms with van der Waals surface area (Å²) in [6, 6.07) is 19.9. The van der Waals surface area contributed by atoms with Crippen molar-refractivity contribution in [3.05, 3.63) is 88.8 Å². The van der Waals surface area contributed by atoms with E-state index in [0.29, 0.717) is 17.1 Å². The van der Waals surface area contributed by atoms with Gasteiger partial charge in [-0.2, -0.15) is 0 Å². The molecule has 0 amide bonds. The average molecular weight is 441 g/mol. The van der Waals surface area contributed by atoms with E-state index in [9.17, 15) is 8.42 Å². The minimum atomic E-state index is -3.75. The smallest absolute Gasteiger partial charge is 0.207 e. The zero-order valence-corrected chi connectivity index (χ0v) is 19.0. The number of ether oxygens (including phenoxy) is 2. The standard InChI is InChI=1S/C24H24O4S2/c1-17-5-10-20(11-6-17)29-16-24(19-9-14-22(27-3)23(15-19)28-4)30(25,26)21-12-7-18(2)8-13-21/h5-16H,1-4H3/b24-16+. The first-order chi connectivity index (χ1) is 14.3. The summed E-state index contributed by atoms with van der Waals surface area (Å²) >= 11 is 1.37. The lowest BCUT2D eigenvalue weighted by atomic mass is 10.2. The molecule has 30 heavy (non-hydrogen) atoms. The van der Waals surface area contributed by atoms with E-state index in [-0.39, 0.29) is 9.80 Å². The molecule has 0 saturated carbocycles. The van der Waals surface area contributed by atoms with Crippen LogP contribution in [0.25, 0.3) is 4.91 Å². The fraction of sp³-hybridized carbons (Fsp3) is 0.167. The summed E-state index contributed by atoms with van der Waals surface area (Å²) in [4.78, 5) is 1.41. The molecule has 0 atom stereocenters. The number of aryl methyl sites for hydroxylation is 2. The number of hydrogen-bond acceptors (Lipinski definition) is 5. The largest absolute Gasteiger partial charge is 0.493 e. The predicted molar refractivity (Wildman–Crippen MR) is 123 cm³/mol. The lowest BCUT2D eigenvalue weighted by molar-refractivity contribution is 0.355. The Morgan fingerprint density at radius 1 is 0.800 bits per heavy atom. The summed E-state index contributed by atoms with van der Waals surface area (Å²) in [5.74, 6) is 1.01. The van der Waals surface area contributed by atoms with Crippen LogP contribution in [-0.2, 0) is 9.84 Å². The third-order valence-electron chi connectivity index (χ3n) is 4.61. The van der Waals surface area contributed by atoms with Crippen molar-refractivity contribution in [1.29, 1.82) is 0 Å². The molecule has 0 spiro atoms. The van der Waals surface area contributed by atoms with Gasteiger partial charge in [-0.05, 0) is 67.3 Å². The second kappa shape index (κ2) is 9.41. The number of thioether (sulfide) groups is 1. The molecule has 0 fully saturated rings. The summed E-state index contributed by atoms with van der Waals surface area (Å²) in [7, 11) is -0.675. The second-order valence-electron chi connectivity index (χ2n) is 6.80. The van der Waals surface area contributed by atoms with Gasteiger partial charge in [0.15, 0.2) is 11.5 Å². The third-order valence-corrected chi connectivity index (χ3v) is 7.48. The fourth-order valence-corrected chi connectivity index (χ4v) is 5.37. The normalized spacial score (nSPS) is 11.9. The van der Waals surface area contributed by atoms with Gasteiger partial charge in [-0.3, -0.25) is 0 Å². The van der Waals surface area contributed by atoms with Crippen LogP contribution >= 0.6 is 11.8 Å². The highest BCUT2D eigenvalue weighted by Gasteiger charge is 2.23. The van der Waals surface area contributed by atoms with Gasteiger partial charge in [-0.15, -0.1) is 0 Å². The van der Waals surface area contributed by atoms with Crippen LogP contribution in [0.5, 0.6) is 11.5 Å². The van der Waals surface area contributed by atoms with Gasteiger partial charge in [-0.25, -0.2) is 8.42 Å². The van der Waals surface area contributed by atoms with Crippen molar-refractivity contribution in [2.45, 2.75) is 23.6 Å². The van der Waals surface area contributed by atoms with Gasteiger partial charge >= 0.3 is 0 Å². The molecule has 0 aromatic heterocycles. The number of methoxy groups -OCH3 is 2. The maximum Gasteiger partial charge on any atom is 0.207 e. The van der Waals surface area contributed by atoms with Gasteiger partial charge in [0.2, 0.25) is 9.84 Å². The molecule has 0 bridgehead atoms. The second-order valence-corrected chi connectivity index (χ2v) is 9.66. The molecule has 0 saturated heterocycles. The Morgan fingerprint density at radius 3 is 1.93 bits per heavy atom. The van der Waals surface area contributed by atoms with Gasteiger partial charge in [0.05, 0.1) is 24.0 Å². The minimum absolute atomic E-state index is 0.206. The van der Waals surface area contributed by atoms with Gasteiger partial charge in [0.25, 0.3) is 0 Å². The van der Waals surface area contributed by atoms with E-state index in [1.807, 2.05) is 38.1 Å². The van der Waals surface area contributed by atoms with Crippen LogP contribution in [0.1, 0.15) is 16.7 Å². The van der Waals surface area contributed by atoms with E-state index in [1.54, 1.807) is 55.0 Å². The van der Waals surface area contributed by atoms with Crippen molar-refractivity contribution in [2.24, 2.45) is 0 Å². The molecule has 4 nitrogen and oxygen atoms in total. The average Bonchev–Trinajstić information content (AvgIpc) is 2.75. The molecule has 0 radical (unpaired) electrons. The molecule has 3 aromatic carbocycles. The summed E-state index contributed by atoms with van der Waals surface area (Å²) in [6.07, 6.45) is 0. The summed E-state index contributed by atoms with van der Waals surface area (Å²) < 4.78 is 37.7. The van der Waals surface area contributed by atoms with Crippen molar-refractivity contribution in [2.75, 3.05) is 14.2 Å². The first-order valence-corrected chi connectivity index (χ1v) is 11.7. The molecule has 0 aliphatic rings. The maximum atomic E-state index is 13.5. The zero-order chi connectivity index (χ0) is 21.7. The molecular weight excluding hydrogens is 416 g/mol. The van der Waals surface area contributed by atoms with E-state index in [0.717, 1.165) is 16.0 Å². The van der Waals surface area contributed by atoms with Crippen LogP contribution in [0.3, 0.4) is 0 Å². The van der Waals surface area contributed by atoms with Crippen LogP contribution in [0.2, 0.25) is 0 Å². The molecule has 3 rings (SSSR count). The molecule has 0 aliphatic heterocycles. The van der Waals surface area contributed by atoms with Crippen LogP contribution in [-0.4, -0.2) is 22.6 Å². The molecule has 0 aliphatic carbocycles. The predicted octanol–water partition coefficient (Wildman–Crippen LogP) is 5.89. The van der Waals surface area contributed by atoms with Crippen molar-refractivity contribution in [3.8, 4) is 11.5 Å². The Bertz CT molecular complexity index is 1150. The van der Waals surface area contributed by atoms with E-state index in [4.69, 9.17) is 9.47 Å². The van der Waals surface area contributed by atoms with E-state index in [1.165, 1.54) is 18.9 Å². The Labute approximate surface area is 182 Å². The van der Waals surface area contributed by atoms with Crippen molar-refractivity contribution >= 4 is 26.5 Å². The lowest BCUT2D eigenvalue weighted by Crippen LogP contribution is -2.05. The summed E-state index contributed by atoms with van der Waals surface area (Å²) in [5.41, 5.74) is 2.68. The molecule has 156 valence electrons. The number of benzene rings is 3. The Hall–Kier alpha value is -2.70. The van der Waals surface area contributed by atoms with Crippen molar-refractivity contribution in [1.82, 2.24) is 0 Å². The molecule has 0 N–H and O–H groups in total. The monoisotopic (exact) mass is 440 g/mol. The van der Waals surface area contributed by atoms with Crippen molar-refractivity contribution in [3.63, 3.8) is 0 Å². The van der Waals surface area contributed by atoms with Crippen LogP contribution in [0.4, 0.5) is 0 Å².